The van der Waals surface area contributed by atoms with Gasteiger partial charge in [0.25, 0.3) is 0 Å². The Kier molecular flexibility index (Phi) is 2.33. The van der Waals surface area contributed by atoms with E-state index in [-0.39, 0.29) is 5.41 Å². The smallest absolute Gasteiger partial charge is 0.245 e. The van der Waals surface area contributed by atoms with Crippen molar-refractivity contribution in [1.82, 2.24) is 19.5 Å². The first kappa shape index (κ1) is 10.9. The fraction of sp³-hybridized carbons (Fsp3) is 0.545. The quantitative estimate of drug-likeness (QED) is 0.733. The number of aryl methyl sites for hydroxylation is 1. The summed E-state index contributed by atoms with van der Waals surface area (Å²) in [5.74, 6) is 1.30. The lowest BCUT2D eigenvalue weighted by atomic mass is 9.96. The molecule has 0 aliphatic rings. The van der Waals surface area contributed by atoms with E-state index in [2.05, 4.69) is 35.7 Å². The zero-order valence-corrected chi connectivity index (χ0v) is 10.3. The normalized spacial score (nSPS) is 12.1. The predicted molar refractivity (Wildman–Crippen MR) is 61.6 cm³/mol. The van der Waals surface area contributed by atoms with Crippen molar-refractivity contribution in [1.29, 1.82) is 0 Å². The number of rotatable bonds is 1. The van der Waals surface area contributed by atoms with Gasteiger partial charge in [0.05, 0.1) is 13.4 Å². The zero-order chi connectivity index (χ0) is 11.9. The number of imidazole rings is 1. The Morgan fingerprint density at radius 1 is 1.25 bits per heavy atom. The molecular weight excluding hydrogens is 204 g/mol. The maximum atomic E-state index is 5.25. The van der Waals surface area contributed by atoms with Gasteiger partial charge in [-0.25, -0.2) is 9.97 Å². The summed E-state index contributed by atoms with van der Waals surface area (Å²) in [4.78, 5) is 13.1. The van der Waals surface area contributed by atoms with Crippen molar-refractivity contribution in [2.75, 3.05) is 7.11 Å². The van der Waals surface area contributed by atoms with Crippen LogP contribution >= 0.6 is 0 Å². The second-order valence-electron chi connectivity index (χ2n) is 4.83. The van der Waals surface area contributed by atoms with Crippen LogP contribution in [0, 0.1) is 0 Å². The molecule has 0 amide bonds. The zero-order valence-electron chi connectivity index (χ0n) is 10.3. The SMILES string of the molecule is COc1nc(C(C)(C)C)nc2c1ncn2C. The summed E-state index contributed by atoms with van der Waals surface area (Å²) in [6.07, 6.45) is 1.72. The number of hydrogen-bond donors (Lipinski definition) is 0. The summed E-state index contributed by atoms with van der Waals surface area (Å²) in [5.41, 5.74) is 1.40. The van der Waals surface area contributed by atoms with E-state index in [0.717, 1.165) is 11.5 Å². The van der Waals surface area contributed by atoms with E-state index in [1.807, 2.05) is 11.6 Å². The first-order valence-electron chi connectivity index (χ1n) is 5.17. The molecule has 2 aromatic rings. The van der Waals surface area contributed by atoms with Gasteiger partial charge in [-0.3, -0.25) is 0 Å². The summed E-state index contributed by atoms with van der Waals surface area (Å²) < 4.78 is 7.12. The Morgan fingerprint density at radius 2 is 1.94 bits per heavy atom. The van der Waals surface area contributed by atoms with Crippen LogP contribution < -0.4 is 4.74 Å². The minimum absolute atomic E-state index is 0.105. The first-order chi connectivity index (χ1) is 7.43. The molecule has 0 radical (unpaired) electrons. The Bertz CT molecular complexity index is 524. The molecule has 0 N–H and O–H groups in total. The third-order valence-corrected chi connectivity index (χ3v) is 2.39. The van der Waals surface area contributed by atoms with Crippen molar-refractivity contribution in [2.45, 2.75) is 26.2 Å². The molecule has 0 atom stereocenters. The Balaban J connectivity index is 2.76. The first-order valence-corrected chi connectivity index (χ1v) is 5.17. The minimum Gasteiger partial charge on any atom is -0.479 e. The van der Waals surface area contributed by atoms with E-state index in [0.29, 0.717) is 11.4 Å². The van der Waals surface area contributed by atoms with Crippen LogP contribution in [0.5, 0.6) is 5.88 Å². The van der Waals surface area contributed by atoms with Crippen LogP contribution in [0.3, 0.4) is 0 Å². The van der Waals surface area contributed by atoms with Gasteiger partial charge in [0.2, 0.25) is 5.88 Å². The maximum absolute atomic E-state index is 5.25. The summed E-state index contributed by atoms with van der Waals surface area (Å²) in [5, 5.41) is 0. The lowest BCUT2D eigenvalue weighted by Gasteiger charge is -2.17. The number of nitrogens with zero attached hydrogens (tertiary/aromatic N) is 4. The summed E-state index contributed by atoms with van der Waals surface area (Å²) >= 11 is 0. The molecular formula is C11H16N4O. The molecule has 0 bridgehead atoms. The van der Waals surface area contributed by atoms with Gasteiger partial charge in [-0.05, 0) is 0 Å². The standard InChI is InChI=1S/C11H16N4O/c1-11(2,3)10-13-8-7(9(14-10)16-5)12-6-15(8)4/h6H,1-5H3. The van der Waals surface area contributed by atoms with Crippen molar-refractivity contribution in [3.05, 3.63) is 12.2 Å². The third kappa shape index (κ3) is 1.62. The Morgan fingerprint density at radius 3 is 2.50 bits per heavy atom. The van der Waals surface area contributed by atoms with E-state index >= 15 is 0 Å². The third-order valence-electron chi connectivity index (χ3n) is 2.39. The highest BCUT2D eigenvalue weighted by atomic mass is 16.5. The van der Waals surface area contributed by atoms with Crippen LogP contribution in [0.1, 0.15) is 26.6 Å². The van der Waals surface area contributed by atoms with Crippen LogP contribution in [0.25, 0.3) is 11.2 Å². The van der Waals surface area contributed by atoms with E-state index in [1.54, 1.807) is 13.4 Å². The number of aromatic nitrogens is 4. The van der Waals surface area contributed by atoms with Crippen LogP contribution in [0.15, 0.2) is 6.33 Å². The van der Waals surface area contributed by atoms with Gasteiger partial charge in [-0.15, -0.1) is 0 Å². The lowest BCUT2D eigenvalue weighted by Crippen LogP contribution is -2.17. The topological polar surface area (TPSA) is 52.8 Å². The predicted octanol–water partition coefficient (Wildman–Crippen LogP) is 1.67. The van der Waals surface area contributed by atoms with E-state index < -0.39 is 0 Å². The molecule has 0 spiro atoms. The number of hydrogen-bond acceptors (Lipinski definition) is 4. The molecule has 0 unspecified atom stereocenters. The van der Waals surface area contributed by atoms with Crippen LogP contribution in [0.4, 0.5) is 0 Å². The average Bonchev–Trinajstić information content (AvgIpc) is 2.58. The summed E-state index contributed by atoms with van der Waals surface area (Å²) in [6, 6.07) is 0. The van der Waals surface area contributed by atoms with Gasteiger partial charge in [0, 0.05) is 12.5 Å². The lowest BCUT2D eigenvalue weighted by molar-refractivity contribution is 0.394. The van der Waals surface area contributed by atoms with Crippen LogP contribution in [-0.2, 0) is 12.5 Å². The van der Waals surface area contributed by atoms with Crippen molar-refractivity contribution in [3.63, 3.8) is 0 Å². The molecule has 2 rings (SSSR count). The van der Waals surface area contributed by atoms with Gasteiger partial charge in [-0.1, -0.05) is 20.8 Å². The summed E-state index contributed by atoms with van der Waals surface area (Å²) in [6.45, 7) is 6.22. The number of ether oxygens (including phenoxy) is 1. The average molecular weight is 220 g/mol. The van der Waals surface area contributed by atoms with E-state index in [1.165, 1.54) is 0 Å². The molecule has 0 aliphatic carbocycles. The van der Waals surface area contributed by atoms with Gasteiger partial charge in [-0.2, -0.15) is 4.98 Å². The van der Waals surface area contributed by atoms with Gasteiger partial charge < -0.3 is 9.30 Å². The highest BCUT2D eigenvalue weighted by Gasteiger charge is 2.21. The van der Waals surface area contributed by atoms with Gasteiger partial charge in [0.15, 0.2) is 11.2 Å². The van der Waals surface area contributed by atoms with Crippen molar-refractivity contribution >= 4 is 11.2 Å². The second kappa shape index (κ2) is 3.43. The molecule has 0 saturated carbocycles. The van der Waals surface area contributed by atoms with E-state index in [9.17, 15) is 0 Å². The fourth-order valence-corrected chi connectivity index (χ4v) is 1.46. The molecule has 2 aromatic heterocycles. The van der Waals surface area contributed by atoms with E-state index in [4.69, 9.17) is 4.74 Å². The monoisotopic (exact) mass is 220 g/mol. The fourth-order valence-electron chi connectivity index (χ4n) is 1.46. The molecule has 0 aromatic carbocycles. The maximum Gasteiger partial charge on any atom is 0.245 e. The molecule has 5 heteroatoms. The molecule has 0 fully saturated rings. The summed E-state index contributed by atoms with van der Waals surface area (Å²) in [7, 11) is 3.51. The molecule has 16 heavy (non-hydrogen) atoms. The second-order valence-corrected chi connectivity index (χ2v) is 4.83. The minimum atomic E-state index is -0.105. The molecule has 5 nitrogen and oxygen atoms in total. The van der Waals surface area contributed by atoms with Crippen LogP contribution in [-0.4, -0.2) is 26.6 Å². The van der Waals surface area contributed by atoms with Crippen molar-refractivity contribution < 1.29 is 4.74 Å². The number of fused-ring (bicyclic) bond motifs is 1. The molecule has 0 saturated heterocycles. The Hall–Kier alpha value is -1.65. The van der Waals surface area contributed by atoms with Gasteiger partial charge >= 0.3 is 0 Å². The molecule has 0 aliphatic heterocycles. The van der Waals surface area contributed by atoms with Gasteiger partial charge in [0.1, 0.15) is 5.82 Å². The molecule has 86 valence electrons. The van der Waals surface area contributed by atoms with Crippen molar-refractivity contribution in [2.24, 2.45) is 7.05 Å². The van der Waals surface area contributed by atoms with Crippen LogP contribution in [0.2, 0.25) is 0 Å². The Labute approximate surface area is 94.5 Å². The largest absolute Gasteiger partial charge is 0.479 e. The molecule has 2 heterocycles. The highest BCUT2D eigenvalue weighted by molar-refractivity contribution is 5.76. The number of methoxy groups -OCH3 is 1. The van der Waals surface area contributed by atoms with Crippen molar-refractivity contribution in [3.8, 4) is 5.88 Å². The highest BCUT2D eigenvalue weighted by Crippen LogP contribution is 2.25.